The van der Waals surface area contributed by atoms with Gasteiger partial charge in [0.05, 0.1) is 6.54 Å². The Labute approximate surface area is 137 Å². The van der Waals surface area contributed by atoms with Crippen molar-refractivity contribution < 1.29 is 14.1 Å². The summed E-state index contributed by atoms with van der Waals surface area (Å²) in [5, 5.41) is 6.44. The summed E-state index contributed by atoms with van der Waals surface area (Å²) in [7, 11) is 0. The van der Waals surface area contributed by atoms with E-state index in [4.69, 9.17) is 4.52 Å². The Bertz CT molecular complexity index is 521. The van der Waals surface area contributed by atoms with Crippen LogP contribution in [-0.4, -0.2) is 35.0 Å². The zero-order chi connectivity index (χ0) is 16.7. The van der Waals surface area contributed by atoms with Gasteiger partial charge < -0.3 is 14.7 Å². The van der Waals surface area contributed by atoms with Crippen molar-refractivity contribution in [3.05, 3.63) is 11.8 Å². The molecule has 1 saturated carbocycles. The third-order valence-electron chi connectivity index (χ3n) is 4.28. The molecule has 128 valence electrons. The summed E-state index contributed by atoms with van der Waals surface area (Å²) in [6, 6.07) is 1.66. The number of nitrogens with one attached hydrogen (secondary N) is 1. The average molecular weight is 321 g/mol. The first kappa shape index (κ1) is 17.5. The fourth-order valence-electron chi connectivity index (χ4n) is 3.00. The molecule has 1 aliphatic carbocycles. The Morgan fingerprint density at radius 1 is 1.35 bits per heavy atom. The van der Waals surface area contributed by atoms with Crippen molar-refractivity contribution in [2.45, 2.75) is 58.8 Å². The highest BCUT2D eigenvalue weighted by Crippen LogP contribution is 2.25. The normalized spacial score (nSPS) is 15.4. The quantitative estimate of drug-likeness (QED) is 0.837. The number of aryl methyl sites for hydroxylation is 1. The lowest BCUT2D eigenvalue weighted by Crippen LogP contribution is -2.42. The minimum Gasteiger partial charge on any atom is -0.360 e. The third-order valence-corrected chi connectivity index (χ3v) is 4.28. The molecule has 0 spiro atoms. The topological polar surface area (TPSA) is 75.4 Å². The van der Waals surface area contributed by atoms with Gasteiger partial charge in [0, 0.05) is 18.5 Å². The van der Waals surface area contributed by atoms with E-state index in [2.05, 4.69) is 17.4 Å². The molecule has 1 N–H and O–H groups in total. The molecule has 1 aromatic heterocycles. The van der Waals surface area contributed by atoms with Crippen LogP contribution in [0.3, 0.4) is 0 Å². The highest BCUT2D eigenvalue weighted by atomic mass is 16.5. The highest BCUT2D eigenvalue weighted by molar-refractivity contribution is 5.94. The minimum absolute atomic E-state index is 0.0846. The summed E-state index contributed by atoms with van der Waals surface area (Å²) in [6.45, 7) is 4.57. The Balaban J connectivity index is 1.93. The van der Waals surface area contributed by atoms with Crippen LogP contribution in [0.25, 0.3) is 0 Å². The van der Waals surface area contributed by atoms with Crippen molar-refractivity contribution in [2.24, 2.45) is 5.92 Å². The van der Waals surface area contributed by atoms with E-state index in [-0.39, 0.29) is 24.3 Å². The number of nitrogens with zero attached hydrogens (tertiary/aromatic N) is 2. The molecule has 6 nitrogen and oxygen atoms in total. The number of hydrogen-bond donors (Lipinski definition) is 1. The van der Waals surface area contributed by atoms with Crippen molar-refractivity contribution >= 4 is 17.6 Å². The Morgan fingerprint density at radius 2 is 2.09 bits per heavy atom. The van der Waals surface area contributed by atoms with Gasteiger partial charge >= 0.3 is 0 Å². The standard InChI is InChI=1S/C17H27N3O3/c1-3-4-10-20(17(22)14-8-6-5-7-9-14)12-16(21)18-15-11-13(2)23-19-15/h11,14H,3-10,12H2,1-2H3,(H,18,19,21). The van der Waals surface area contributed by atoms with E-state index in [0.29, 0.717) is 18.1 Å². The number of amides is 2. The van der Waals surface area contributed by atoms with Crippen LogP contribution in [0.5, 0.6) is 0 Å². The third kappa shape index (κ3) is 5.37. The molecule has 0 saturated heterocycles. The maximum absolute atomic E-state index is 12.7. The maximum atomic E-state index is 12.7. The zero-order valence-corrected chi connectivity index (χ0v) is 14.1. The van der Waals surface area contributed by atoms with Crippen molar-refractivity contribution in [3.63, 3.8) is 0 Å². The van der Waals surface area contributed by atoms with Gasteiger partial charge in [-0.1, -0.05) is 37.8 Å². The molecular weight excluding hydrogens is 294 g/mol. The van der Waals surface area contributed by atoms with E-state index < -0.39 is 0 Å². The highest BCUT2D eigenvalue weighted by Gasteiger charge is 2.27. The molecule has 1 aromatic rings. The monoisotopic (exact) mass is 321 g/mol. The lowest BCUT2D eigenvalue weighted by Gasteiger charge is -2.28. The Kier molecular flexibility index (Phi) is 6.62. The molecule has 0 unspecified atom stereocenters. The van der Waals surface area contributed by atoms with Crippen molar-refractivity contribution in [2.75, 3.05) is 18.4 Å². The summed E-state index contributed by atoms with van der Waals surface area (Å²) in [5.74, 6) is 1.03. The smallest absolute Gasteiger partial charge is 0.245 e. The van der Waals surface area contributed by atoms with Gasteiger partial charge in [0.25, 0.3) is 0 Å². The SMILES string of the molecule is CCCCN(CC(=O)Nc1cc(C)on1)C(=O)C1CCCCC1. The number of carbonyl (C=O) groups excluding carboxylic acids is 2. The van der Waals surface area contributed by atoms with Crippen molar-refractivity contribution in [1.29, 1.82) is 0 Å². The molecule has 1 fully saturated rings. The second kappa shape index (κ2) is 8.70. The first-order valence-corrected chi connectivity index (χ1v) is 8.62. The van der Waals surface area contributed by atoms with Crippen LogP contribution >= 0.6 is 0 Å². The molecule has 1 aliphatic rings. The first-order valence-electron chi connectivity index (χ1n) is 8.62. The molecule has 2 amide bonds. The van der Waals surface area contributed by atoms with Crippen molar-refractivity contribution in [1.82, 2.24) is 10.1 Å². The molecule has 0 bridgehead atoms. The van der Waals surface area contributed by atoms with Crippen LogP contribution in [0.15, 0.2) is 10.6 Å². The molecule has 23 heavy (non-hydrogen) atoms. The van der Waals surface area contributed by atoms with Gasteiger partial charge in [-0.25, -0.2) is 0 Å². The first-order chi connectivity index (χ1) is 11.1. The predicted molar refractivity (Wildman–Crippen MR) is 87.9 cm³/mol. The van der Waals surface area contributed by atoms with E-state index in [0.717, 1.165) is 38.5 Å². The molecule has 0 aliphatic heterocycles. The van der Waals surface area contributed by atoms with Gasteiger partial charge in [-0.15, -0.1) is 0 Å². The van der Waals surface area contributed by atoms with Crippen LogP contribution < -0.4 is 5.32 Å². The molecule has 0 aromatic carbocycles. The fraction of sp³-hybridized carbons (Fsp3) is 0.706. The number of carbonyl (C=O) groups is 2. The second-order valence-electron chi connectivity index (χ2n) is 6.32. The van der Waals surface area contributed by atoms with E-state index in [1.165, 1.54) is 6.42 Å². The maximum Gasteiger partial charge on any atom is 0.245 e. The molecule has 2 rings (SSSR count). The fourth-order valence-corrected chi connectivity index (χ4v) is 3.00. The van der Waals surface area contributed by atoms with Crippen LogP contribution in [0.1, 0.15) is 57.6 Å². The molecule has 1 heterocycles. The largest absolute Gasteiger partial charge is 0.360 e. The average Bonchev–Trinajstić information content (AvgIpc) is 2.96. The van der Waals surface area contributed by atoms with Crippen LogP contribution in [0, 0.1) is 12.8 Å². The summed E-state index contributed by atoms with van der Waals surface area (Å²) in [5.41, 5.74) is 0. The molecular formula is C17H27N3O3. The van der Waals surface area contributed by atoms with Crippen LogP contribution in [-0.2, 0) is 9.59 Å². The lowest BCUT2D eigenvalue weighted by molar-refractivity contribution is -0.139. The minimum atomic E-state index is -0.224. The van der Waals surface area contributed by atoms with Gasteiger partial charge in [0.2, 0.25) is 11.8 Å². The van der Waals surface area contributed by atoms with E-state index in [1.54, 1.807) is 17.9 Å². The van der Waals surface area contributed by atoms with Gasteiger partial charge in [-0.05, 0) is 26.2 Å². The van der Waals surface area contributed by atoms with Gasteiger partial charge in [-0.2, -0.15) is 0 Å². The van der Waals surface area contributed by atoms with E-state index >= 15 is 0 Å². The number of anilines is 1. The van der Waals surface area contributed by atoms with Gasteiger partial charge in [0.1, 0.15) is 5.76 Å². The molecule has 6 heteroatoms. The number of rotatable bonds is 7. The number of aromatic nitrogens is 1. The van der Waals surface area contributed by atoms with Crippen molar-refractivity contribution in [3.8, 4) is 0 Å². The second-order valence-corrected chi connectivity index (χ2v) is 6.32. The molecule has 0 radical (unpaired) electrons. The van der Waals surface area contributed by atoms with Crippen LogP contribution in [0.4, 0.5) is 5.82 Å². The Hall–Kier alpha value is -1.85. The van der Waals surface area contributed by atoms with Gasteiger partial charge in [-0.3, -0.25) is 9.59 Å². The Morgan fingerprint density at radius 3 is 2.70 bits per heavy atom. The summed E-state index contributed by atoms with van der Waals surface area (Å²) >= 11 is 0. The number of unbranched alkanes of at least 4 members (excludes halogenated alkanes) is 1. The summed E-state index contributed by atoms with van der Waals surface area (Å²) in [6.07, 6.45) is 7.25. The summed E-state index contributed by atoms with van der Waals surface area (Å²) < 4.78 is 4.93. The predicted octanol–water partition coefficient (Wildman–Crippen LogP) is 3.13. The van der Waals surface area contributed by atoms with Crippen LogP contribution in [0.2, 0.25) is 0 Å². The zero-order valence-electron chi connectivity index (χ0n) is 14.1. The van der Waals surface area contributed by atoms with E-state index in [9.17, 15) is 9.59 Å². The summed E-state index contributed by atoms with van der Waals surface area (Å²) in [4.78, 5) is 26.6. The molecule has 0 atom stereocenters. The lowest BCUT2D eigenvalue weighted by atomic mass is 9.88. The van der Waals surface area contributed by atoms with E-state index in [1.807, 2.05) is 0 Å². The number of hydrogen-bond acceptors (Lipinski definition) is 4. The van der Waals surface area contributed by atoms with Gasteiger partial charge in [0.15, 0.2) is 5.82 Å².